The molecule has 0 N–H and O–H groups in total. The summed E-state index contributed by atoms with van der Waals surface area (Å²) in [5.41, 5.74) is 14.9. The molecular weight excluding hydrogens is 703 g/mol. The Bertz CT molecular complexity index is 3480. The number of aromatic nitrogens is 3. The van der Waals surface area contributed by atoms with Crippen LogP contribution >= 0.6 is 0 Å². The van der Waals surface area contributed by atoms with Crippen molar-refractivity contribution in [2.45, 2.75) is 19.3 Å². The van der Waals surface area contributed by atoms with E-state index in [-0.39, 0.29) is 5.41 Å². The van der Waals surface area contributed by atoms with Gasteiger partial charge in [0, 0.05) is 27.1 Å². The zero-order valence-electron chi connectivity index (χ0n) is 32.2. The number of fused-ring (bicyclic) bond motifs is 9. The summed E-state index contributed by atoms with van der Waals surface area (Å²) in [7, 11) is 0. The Morgan fingerprint density at radius 2 is 1.00 bits per heavy atom. The second kappa shape index (κ2) is 12.3. The Labute approximate surface area is 336 Å². The highest BCUT2D eigenvalue weighted by Gasteiger charge is 2.37. The van der Waals surface area contributed by atoms with E-state index in [1.165, 1.54) is 71.3 Å². The van der Waals surface area contributed by atoms with Gasteiger partial charge in [-0.1, -0.05) is 159 Å². The van der Waals surface area contributed by atoms with Crippen LogP contribution in [0.3, 0.4) is 0 Å². The molecule has 0 radical (unpaired) electrons. The van der Waals surface area contributed by atoms with Gasteiger partial charge in [-0.25, -0.2) is 9.97 Å². The summed E-state index contributed by atoms with van der Waals surface area (Å²) in [5, 5.41) is 8.25. The molecular formula is C55H37N3. The number of hydrogen-bond donors (Lipinski definition) is 0. The Hall–Kier alpha value is -7.36. The van der Waals surface area contributed by atoms with Crippen LogP contribution in [0.15, 0.2) is 188 Å². The van der Waals surface area contributed by atoms with Crippen molar-refractivity contribution in [2.24, 2.45) is 0 Å². The Morgan fingerprint density at radius 3 is 1.84 bits per heavy atom. The molecule has 11 aromatic rings. The summed E-state index contributed by atoms with van der Waals surface area (Å²) in [4.78, 5) is 11.1. The SMILES string of the molecule is CC1(C)c2ccccc2-c2c(-c3nc(-n4c5ccc(-c6ccc7ccccc7c6)cc5c5cc6ccccc6cc54)nc4ccc(-c5ccccc5)cc34)cccc21. The van der Waals surface area contributed by atoms with Gasteiger partial charge < -0.3 is 0 Å². The van der Waals surface area contributed by atoms with Crippen molar-refractivity contribution < 1.29 is 0 Å². The smallest absolute Gasteiger partial charge is 0.235 e. The van der Waals surface area contributed by atoms with Gasteiger partial charge in [-0.05, 0) is 109 Å². The van der Waals surface area contributed by atoms with Gasteiger partial charge in [0.05, 0.1) is 22.2 Å². The van der Waals surface area contributed by atoms with Crippen molar-refractivity contribution in [1.29, 1.82) is 0 Å². The van der Waals surface area contributed by atoms with E-state index in [2.05, 4.69) is 206 Å². The summed E-state index contributed by atoms with van der Waals surface area (Å²) in [6.45, 7) is 4.68. The fourth-order valence-corrected chi connectivity index (χ4v) is 9.65. The van der Waals surface area contributed by atoms with Crippen LogP contribution in [-0.4, -0.2) is 14.5 Å². The van der Waals surface area contributed by atoms with Gasteiger partial charge in [-0.2, -0.15) is 0 Å². The van der Waals surface area contributed by atoms with Crippen molar-refractivity contribution in [3.63, 3.8) is 0 Å². The van der Waals surface area contributed by atoms with Gasteiger partial charge in [0.1, 0.15) is 0 Å². The predicted molar refractivity (Wildman–Crippen MR) is 243 cm³/mol. The molecule has 2 aromatic heterocycles. The molecule has 2 heterocycles. The molecule has 0 bridgehead atoms. The molecule has 0 unspecified atom stereocenters. The molecule has 58 heavy (non-hydrogen) atoms. The molecule has 1 aliphatic rings. The third-order valence-corrected chi connectivity index (χ3v) is 12.6. The van der Waals surface area contributed by atoms with Crippen LogP contribution in [0.5, 0.6) is 0 Å². The van der Waals surface area contributed by atoms with Gasteiger partial charge in [-0.3, -0.25) is 4.57 Å². The number of benzene rings is 9. The van der Waals surface area contributed by atoms with E-state index in [1.807, 2.05) is 0 Å². The average molecular weight is 740 g/mol. The topological polar surface area (TPSA) is 30.7 Å². The number of hydrogen-bond acceptors (Lipinski definition) is 2. The van der Waals surface area contributed by atoms with E-state index >= 15 is 0 Å². The minimum atomic E-state index is -0.139. The molecule has 0 atom stereocenters. The Morgan fingerprint density at radius 1 is 0.397 bits per heavy atom. The Balaban J connectivity index is 1.16. The number of nitrogens with zero attached hydrogens (tertiary/aromatic N) is 3. The maximum absolute atomic E-state index is 5.69. The first-order valence-electron chi connectivity index (χ1n) is 20.1. The molecule has 0 aliphatic heterocycles. The first kappa shape index (κ1) is 32.8. The molecule has 0 saturated carbocycles. The lowest BCUT2D eigenvalue weighted by Crippen LogP contribution is -2.14. The van der Waals surface area contributed by atoms with E-state index < -0.39 is 0 Å². The van der Waals surface area contributed by atoms with Gasteiger partial charge in [0.2, 0.25) is 5.95 Å². The van der Waals surface area contributed by atoms with Crippen molar-refractivity contribution in [3.8, 4) is 50.6 Å². The minimum Gasteiger partial charge on any atom is -0.278 e. The van der Waals surface area contributed by atoms with Crippen molar-refractivity contribution in [3.05, 3.63) is 199 Å². The average Bonchev–Trinajstić information content (AvgIpc) is 3.72. The van der Waals surface area contributed by atoms with Crippen LogP contribution in [-0.2, 0) is 5.41 Å². The normalized spacial score (nSPS) is 13.1. The maximum atomic E-state index is 5.69. The highest BCUT2D eigenvalue weighted by atomic mass is 15.2. The van der Waals surface area contributed by atoms with Gasteiger partial charge in [0.25, 0.3) is 0 Å². The zero-order chi connectivity index (χ0) is 38.5. The van der Waals surface area contributed by atoms with Crippen LogP contribution in [0.25, 0.3) is 105 Å². The summed E-state index contributed by atoms with van der Waals surface area (Å²) in [6.07, 6.45) is 0. The largest absolute Gasteiger partial charge is 0.278 e. The molecule has 3 nitrogen and oxygen atoms in total. The lowest BCUT2D eigenvalue weighted by molar-refractivity contribution is 0.660. The monoisotopic (exact) mass is 739 g/mol. The maximum Gasteiger partial charge on any atom is 0.235 e. The summed E-state index contributed by atoms with van der Waals surface area (Å²) < 4.78 is 2.29. The Kier molecular flexibility index (Phi) is 6.98. The molecule has 0 fully saturated rings. The van der Waals surface area contributed by atoms with Gasteiger partial charge in [-0.15, -0.1) is 0 Å². The van der Waals surface area contributed by atoms with Crippen LogP contribution in [0, 0.1) is 0 Å². The fourth-order valence-electron chi connectivity index (χ4n) is 9.65. The van der Waals surface area contributed by atoms with Crippen LogP contribution in [0.4, 0.5) is 0 Å². The molecule has 0 spiro atoms. The second-order valence-electron chi connectivity index (χ2n) is 16.2. The molecule has 0 amide bonds. The molecule has 272 valence electrons. The lowest BCUT2D eigenvalue weighted by atomic mass is 9.82. The molecule has 3 heteroatoms. The highest BCUT2D eigenvalue weighted by molar-refractivity contribution is 6.14. The van der Waals surface area contributed by atoms with Crippen LogP contribution < -0.4 is 0 Å². The second-order valence-corrected chi connectivity index (χ2v) is 16.2. The molecule has 12 rings (SSSR count). The van der Waals surface area contributed by atoms with E-state index in [1.54, 1.807) is 0 Å². The lowest BCUT2D eigenvalue weighted by Gasteiger charge is -2.21. The van der Waals surface area contributed by atoms with Crippen LogP contribution in [0.2, 0.25) is 0 Å². The summed E-state index contributed by atoms with van der Waals surface area (Å²) in [6, 6.07) is 68.4. The van der Waals surface area contributed by atoms with Crippen molar-refractivity contribution >= 4 is 54.3 Å². The predicted octanol–water partition coefficient (Wildman–Crippen LogP) is 14.3. The minimum absolute atomic E-state index is 0.139. The standard InChI is InChI=1S/C55H37N3/c1-55(2)47-21-11-10-19-42(47)52-43(20-12-22-48(52)55)53-46-32-40(34-13-4-3-5-14-34)25-27-49(46)56-54(57-53)58-50-28-26-41(39-24-23-35-15-6-7-16-36(35)29-39)31-44(50)45-30-37-17-8-9-18-38(37)33-51(45)58/h3-33H,1-2H3. The molecule has 9 aromatic carbocycles. The van der Waals surface area contributed by atoms with E-state index in [9.17, 15) is 0 Å². The third-order valence-electron chi connectivity index (χ3n) is 12.6. The van der Waals surface area contributed by atoms with E-state index in [0.29, 0.717) is 5.95 Å². The summed E-state index contributed by atoms with van der Waals surface area (Å²) >= 11 is 0. The van der Waals surface area contributed by atoms with Crippen molar-refractivity contribution in [1.82, 2.24) is 14.5 Å². The molecule has 1 aliphatic carbocycles. The van der Waals surface area contributed by atoms with Crippen molar-refractivity contribution in [2.75, 3.05) is 0 Å². The highest BCUT2D eigenvalue weighted by Crippen LogP contribution is 2.52. The third kappa shape index (κ3) is 4.86. The molecule has 0 saturated heterocycles. The first-order valence-corrected chi connectivity index (χ1v) is 20.1. The van der Waals surface area contributed by atoms with E-state index in [4.69, 9.17) is 9.97 Å². The number of rotatable bonds is 4. The van der Waals surface area contributed by atoms with Crippen LogP contribution in [0.1, 0.15) is 25.0 Å². The van der Waals surface area contributed by atoms with Gasteiger partial charge in [0.15, 0.2) is 0 Å². The zero-order valence-corrected chi connectivity index (χ0v) is 32.2. The van der Waals surface area contributed by atoms with Gasteiger partial charge >= 0.3 is 0 Å². The van der Waals surface area contributed by atoms with E-state index in [0.717, 1.165) is 38.8 Å². The first-order chi connectivity index (χ1) is 28.5. The quantitative estimate of drug-likeness (QED) is 0.180. The fraction of sp³-hybridized carbons (Fsp3) is 0.0545. The summed E-state index contributed by atoms with van der Waals surface area (Å²) in [5.74, 6) is 0.659.